The van der Waals surface area contributed by atoms with Crippen LogP contribution in [0.15, 0.2) is 70.3 Å². The van der Waals surface area contributed by atoms with Gasteiger partial charge in [0.05, 0.1) is 23.2 Å². The minimum atomic E-state index is -0.930. The molecule has 120 valence electrons. The van der Waals surface area contributed by atoms with Crippen molar-refractivity contribution in [3.63, 3.8) is 0 Å². The Balaban J connectivity index is 1.90. The van der Waals surface area contributed by atoms with Crippen LogP contribution in [0, 0.1) is 6.92 Å². The number of aromatic carboxylic acids is 1. The fraction of sp³-hybridized carbons (Fsp3) is 0.0526. The fourth-order valence-corrected chi connectivity index (χ4v) is 2.95. The Bertz CT molecular complexity index is 911. The predicted octanol–water partition coefficient (Wildman–Crippen LogP) is 5.00. The molecule has 1 N–H and O–H groups in total. The molecule has 0 radical (unpaired) electrons. The number of rotatable bonds is 4. The summed E-state index contributed by atoms with van der Waals surface area (Å²) in [5.74, 6) is -0.930. The van der Waals surface area contributed by atoms with Gasteiger partial charge < -0.3 is 9.67 Å². The molecule has 0 unspecified atom stereocenters. The van der Waals surface area contributed by atoms with Gasteiger partial charge in [-0.25, -0.2) is 4.79 Å². The van der Waals surface area contributed by atoms with Crippen LogP contribution in [-0.4, -0.2) is 21.9 Å². The van der Waals surface area contributed by atoms with Gasteiger partial charge in [0.25, 0.3) is 0 Å². The molecule has 0 atom stereocenters. The Hall–Kier alpha value is -2.66. The largest absolute Gasteiger partial charge is 0.478 e. The van der Waals surface area contributed by atoms with Gasteiger partial charge in [-0.05, 0) is 76.9 Å². The van der Waals surface area contributed by atoms with E-state index in [0.29, 0.717) is 0 Å². The maximum atomic E-state index is 10.9. The lowest BCUT2D eigenvalue weighted by Crippen LogP contribution is -2.00. The molecule has 0 aliphatic rings. The lowest BCUT2D eigenvalue weighted by Gasteiger charge is -2.07. The van der Waals surface area contributed by atoms with E-state index in [4.69, 9.17) is 5.11 Å². The van der Waals surface area contributed by atoms with Crippen LogP contribution in [-0.2, 0) is 0 Å². The van der Waals surface area contributed by atoms with E-state index in [9.17, 15) is 4.79 Å². The molecule has 0 saturated heterocycles. The van der Waals surface area contributed by atoms with E-state index in [1.807, 2.05) is 48.0 Å². The molecule has 0 spiro atoms. The predicted molar refractivity (Wildman–Crippen MR) is 98.9 cm³/mol. The lowest BCUT2D eigenvalue weighted by molar-refractivity contribution is 0.0697. The van der Waals surface area contributed by atoms with Gasteiger partial charge in [-0.15, -0.1) is 0 Å². The van der Waals surface area contributed by atoms with Gasteiger partial charge in [0.1, 0.15) is 0 Å². The molecule has 24 heavy (non-hydrogen) atoms. The average molecular weight is 383 g/mol. The number of aryl methyl sites for hydroxylation is 1. The first-order valence-corrected chi connectivity index (χ1v) is 8.15. The van der Waals surface area contributed by atoms with Crippen LogP contribution < -0.4 is 0 Å². The highest BCUT2D eigenvalue weighted by Gasteiger charge is 2.05. The SMILES string of the molecule is Cc1ccc(N=Cc2cccn2-c2ccc(C(=O)O)cc2)c(Br)c1. The summed E-state index contributed by atoms with van der Waals surface area (Å²) in [7, 11) is 0. The number of hydrogen-bond donors (Lipinski definition) is 1. The molecule has 3 rings (SSSR count). The molecule has 0 amide bonds. The lowest BCUT2D eigenvalue weighted by atomic mass is 10.2. The van der Waals surface area contributed by atoms with E-state index in [1.165, 1.54) is 5.56 Å². The van der Waals surface area contributed by atoms with Crippen LogP contribution >= 0.6 is 15.9 Å². The third kappa shape index (κ3) is 3.46. The summed E-state index contributed by atoms with van der Waals surface area (Å²) >= 11 is 3.52. The van der Waals surface area contributed by atoms with Crippen molar-refractivity contribution in [1.29, 1.82) is 0 Å². The van der Waals surface area contributed by atoms with Crippen molar-refractivity contribution in [2.24, 2.45) is 4.99 Å². The van der Waals surface area contributed by atoms with Crippen molar-refractivity contribution >= 4 is 33.8 Å². The normalized spacial score (nSPS) is 11.1. The summed E-state index contributed by atoms with van der Waals surface area (Å²) in [6, 6.07) is 16.6. The number of aliphatic imine (C=N–C) groups is 1. The summed E-state index contributed by atoms with van der Waals surface area (Å²) in [6.45, 7) is 2.03. The zero-order chi connectivity index (χ0) is 17.1. The van der Waals surface area contributed by atoms with Gasteiger partial charge in [0.2, 0.25) is 0 Å². The van der Waals surface area contributed by atoms with Crippen molar-refractivity contribution in [3.05, 3.63) is 82.1 Å². The van der Waals surface area contributed by atoms with E-state index in [0.717, 1.165) is 21.5 Å². The van der Waals surface area contributed by atoms with Crippen molar-refractivity contribution in [2.45, 2.75) is 6.92 Å². The van der Waals surface area contributed by atoms with Gasteiger partial charge in [0, 0.05) is 16.4 Å². The molecular formula is C19H15BrN2O2. The highest BCUT2D eigenvalue weighted by Crippen LogP contribution is 2.26. The van der Waals surface area contributed by atoms with Gasteiger partial charge in [0.15, 0.2) is 0 Å². The zero-order valence-corrected chi connectivity index (χ0v) is 14.6. The first-order valence-electron chi connectivity index (χ1n) is 7.36. The smallest absolute Gasteiger partial charge is 0.335 e. The van der Waals surface area contributed by atoms with Gasteiger partial charge >= 0.3 is 5.97 Å². The number of carboxylic acid groups (broad SMARTS) is 1. The third-order valence-electron chi connectivity index (χ3n) is 3.61. The molecule has 4 nitrogen and oxygen atoms in total. The quantitative estimate of drug-likeness (QED) is 0.645. The van der Waals surface area contributed by atoms with Crippen LogP contribution in [0.4, 0.5) is 5.69 Å². The Morgan fingerprint density at radius 3 is 2.58 bits per heavy atom. The van der Waals surface area contributed by atoms with Crippen molar-refractivity contribution < 1.29 is 9.90 Å². The molecule has 5 heteroatoms. The minimum absolute atomic E-state index is 0.268. The molecule has 0 aliphatic heterocycles. The number of hydrogen-bond acceptors (Lipinski definition) is 2. The second kappa shape index (κ2) is 6.84. The highest BCUT2D eigenvalue weighted by atomic mass is 79.9. The maximum Gasteiger partial charge on any atom is 0.335 e. The van der Waals surface area contributed by atoms with Crippen molar-refractivity contribution in [1.82, 2.24) is 4.57 Å². The van der Waals surface area contributed by atoms with E-state index < -0.39 is 5.97 Å². The fourth-order valence-electron chi connectivity index (χ4n) is 2.35. The number of halogens is 1. The topological polar surface area (TPSA) is 54.6 Å². The third-order valence-corrected chi connectivity index (χ3v) is 4.25. The van der Waals surface area contributed by atoms with Crippen LogP contribution in [0.3, 0.4) is 0 Å². The van der Waals surface area contributed by atoms with E-state index >= 15 is 0 Å². The van der Waals surface area contributed by atoms with E-state index in [1.54, 1.807) is 30.5 Å². The number of carbonyl (C=O) groups is 1. The standard InChI is InChI=1S/C19H15BrN2O2/c1-13-4-9-18(17(20)11-13)21-12-16-3-2-10-22(16)15-7-5-14(6-8-15)19(23)24/h2-12H,1H3,(H,23,24). The van der Waals surface area contributed by atoms with Gasteiger partial charge in [-0.1, -0.05) is 6.07 Å². The number of aromatic nitrogens is 1. The monoisotopic (exact) mass is 382 g/mol. The molecule has 2 aromatic carbocycles. The number of carboxylic acids is 1. The molecule has 1 aromatic heterocycles. The molecule has 3 aromatic rings. The number of benzene rings is 2. The van der Waals surface area contributed by atoms with Gasteiger partial charge in [-0.3, -0.25) is 4.99 Å². The summed E-state index contributed by atoms with van der Waals surface area (Å²) < 4.78 is 2.90. The van der Waals surface area contributed by atoms with Crippen LogP contribution in [0.25, 0.3) is 5.69 Å². The Kier molecular flexibility index (Phi) is 4.62. The molecule has 0 fully saturated rings. The highest BCUT2D eigenvalue weighted by molar-refractivity contribution is 9.10. The summed E-state index contributed by atoms with van der Waals surface area (Å²) in [5.41, 5.74) is 4.09. The van der Waals surface area contributed by atoms with E-state index in [-0.39, 0.29) is 5.56 Å². The maximum absolute atomic E-state index is 10.9. The second-order valence-electron chi connectivity index (χ2n) is 5.37. The van der Waals surface area contributed by atoms with Crippen molar-refractivity contribution in [2.75, 3.05) is 0 Å². The van der Waals surface area contributed by atoms with Crippen LogP contribution in [0.5, 0.6) is 0 Å². The number of nitrogens with zero attached hydrogens (tertiary/aromatic N) is 2. The second-order valence-corrected chi connectivity index (χ2v) is 6.22. The molecule has 0 saturated carbocycles. The first-order chi connectivity index (χ1) is 11.5. The summed E-state index contributed by atoms with van der Waals surface area (Å²) in [5, 5.41) is 8.98. The minimum Gasteiger partial charge on any atom is -0.478 e. The average Bonchev–Trinajstić information content (AvgIpc) is 3.02. The Labute approximate surface area is 148 Å². The Morgan fingerprint density at radius 2 is 1.92 bits per heavy atom. The zero-order valence-electron chi connectivity index (χ0n) is 13.0. The molecule has 0 aliphatic carbocycles. The first kappa shape index (κ1) is 16.2. The molecular weight excluding hydrogens is 368 g/mol. The van der Waals surface area contributed by atoms with Crippen molar-refractivity contribution in [3.8, 4) is 5.69 Å². The summed E-state index contributed by atoms with van der Waals surface area (Å²) in [6.07, 6.45) is 3.71. The summed E-state index contributed by atoms with van der Waals surface area (Å²) in [4.78, 5) is 15.5. The molecule has 1 heterocycles. The van der Waals surface area contributed by atoms with Crippen LogP contribution in [0.2, 0.25) is 0 Å². The van der Waals surface area contributed by atoms with Crippen LogP contribution in [0.1, 0.15) is 21.6 Å². The molecule has 0 bridgehead atoms. The Morgan fingerprint density at radius 1 is 1.17 bits per heavy atom. The van der Waals surface area contributed by atoms with Gasteiger partial charge in [-0.2, -0.15) is 0 Å². The van der Waals surface area contributed by atoms with E-state index in [2.05, 4.69) is 20.9 Å².